The SMILES string of the molecule is O=C(NCc1ccc(S(=O)(=O)N2CCNCC2)cc1)c1cc2ccncc2o1. The van der Waals surface area contributed by atoms with E-state index in [0.29, 0.717) is 31.8 Å². The van der Waals surface area contributed by atoms with Crippen molar-refractivity contribution >= 4 is 26.9 Å². The van der Waals surface area contributed by atoms with Crippen molar-refractivity contribution in [2.45, 2.75) is 11.4 Å². The maximum atomic E-state index is 12.6. The molecule has 0 bridgehead atoms. The Bertz CT molecular complexity index is 1050. The van der Waals surface area contributed by atoms with Crippen LogP contribution >= 0.6 is 0 Å². The van der Waals surface area contributed by atoms with Gasteiger partial charge < -0.3 is 15.1 Å². The van der Waals surface area contributed by atoms with E-state index >= 15 is 0 Å². The molecule has 9 heteroatoms. The number of nitrogens with one attached hydrogen (secondary N) is 2. The summed E-state index contributed by atoms with van der Waals surface area (Å²) in [5.41, 5.74) is 1.35. The number of piperazine rings is 1. The number of fused-ring (bicyclic) bond motifs is 1. The van der Waals surface area contributed by atoms with E-state index in [1.807, 2.05) is 0 Å². The Morgan fingerprint density at radius 3 is 2.64 bits per heavy atom. The molecule has 1 aliphatic heterocycles. The number of aromatic nitrogens is 1. The van der Waals surface area contributed by atoms with Gasteiger partial charge in [0.05, 0.1) is 11.1 Å². The third-order valence-electron chi connectivity index (χ3n) is 4.64. The van der Waals surface area contributed by atoms with E-state index < -0.39 is 10.0 Å². The Balaban J connectivity index is 1.41. The van der Waals surface area contributed by atoms with Crippen molar-refractivity contribution in [2.24, 2.45) is 0 Å². The fraction of sp³-hybridized carbons (Fsp3) is 0.263. The molecule has 1 fully saturated rings. The Morgan fingerprint density at radius 2 is 1.93 bits per heavy atom. The lowest BCUT2D eigenvalue weighted by atomic mass is 10.2. The van der Waals surface area contributed by atoms with Gasteiger partial charge in [-0.15, -0.1) is 0 Å². The second-order valence-electron chi connectivity index (χ2n) is 6.50. The molecule has 1 saturated heterocycles. The minimum atomic E-state index is -3.48. The van der Waals surface area contributed by atoms with Crippen LogP contribution in [0.3, 0.4) is 0 Å². The number of amides is 1. The molecular weight excluding hydrogens is 380 g/mol. The van der Waals surface area contributed by atoms with Crippen LogP contribution in [0.4, 0.5) is 0 Å². The molecule has 0 saturated carbocycles. The quantitative estimate of drug-likeness (QED) is 0.670. The van der Waals surface area contributed by atoms with Gasteiger partial charge in [0.1, 0.15) is 0 Å². The van der Waals surface area contributed by atoms with Crippen molar-refractivity contribution in [2.75, 3.05) is 26.2 Å². The van der Waals surface area contributed by atoms with Gasteiger partial charge in [-0.3, -0.25) is 9.78 Å². The van der Waals surface area contributed by atoms with Crippen molar-refractivity contribution in [3.8, 4) is 0 Å². The number of nitrogens with zero attached hydrogens (tertiary/aromatic N) is 2. The number of pyridine rings is 1. The number of furan rings is 1. The summed E-state index contributed by atoms with van der Waals surface area (Å²) in [5, 5.41) is 6.72. The third-order valence-corrected chi connectivity index (χ3v) is 6.55. The molecule has 3 aromatic rings. The first kappa shape index (κ1) is 18.6. The summed E-state index contributed by atoms with van der Waals surface area (Å²) in [4.78, 5) is 16.5. The first-order chi connectivity index (χ1) is 13.5. The van der Waals surface area contributed by atoms with E-state index in [2.05, 4.69) is 15.6 Å². The lowest BCUT2D eigenvalue weighted by molar-refractivity contribution is 0.0925. The maximum absolute atomic E-state index is 12.6. The predicted octanol–water partition coefficient (Wildman–Crippen LogP) is 1.35. The molecule has 1 aromatic carbocycles. The van der Waals surface area contributed by atoms with E-state index in [1.54, 1.807) is 48.8 Å². The Morgan fingerprint density at radius 1 is 1.18 bits per heavy atom. The van der Waals surface area contributed by atoms with Crippen LogP contribution < -0.4 is 10.6 Å². The highest BCUT2D eigenvalue weighted by atomic mass is 32.2. The number of sulfonamides is 1. The van der Waals surface area contributed by atoms with Crippen molar-refractivity contribution in [3.05, 3.63) is 60.1 Å². The van der Waals surface area contributed by atoms with Gasteiger partial charge in [0, 0.05) is 44.3 Å². The highest BCUT2D eigenvalue weighted by Gasteiger charge is 2.25. The van der Waals surface area contributed by atoms with Crippen LogP contribution in [-0.4, -0.2) is 49.8 Å². The van der Waals surface area contributed by atoms with Crippen molar-refractivity contribution in [1.29, 1.82) is 0 Å². The fourth-order valence-electron chi connectivity index (χ4n) is 3.08. The van der Waals surface area contributed by atoms with Crippen molar-refractivity contribution in [1.82, 2.24) is 19.9 Å². The molecule has 3 heterocycles. The molecule has 146 valence electrons. The third kappa shape index (κ3) is 3.77. The van der Waals surface area contributed by atoms with Crippen LogP contribution in [0.2, 0.25) is 0 Å². The lowest BCUT2D eigenvalue weighted by Gasteiger charge is -2.26. The lowest BCUT2D eigenvalue weighted by Crippen LogP contribution is -2.46. The van der Waals surface area contributed by atoms with E-state index in [9.17, 15) is 13.2 Å². The summed E-state index contributed by atoms with van der Waals surface area (Å²) < 4.78 is 32.3. The van der Waals surface area contributed by atoms with Gasteiger partial charge in [0.25, 0.3) is 5.91 Å². The summed E-state index contributed by atoms with van der Waals surface area (Å²) in [7, 11) is -3.48. The van der Waals surface area contributed by atoms with Gasteiger partial charge in [-0.25, -0.2) is 8.42 Å². The highest BCUT2D eigenvalue weighted by Crippen LogP contribution is 2.19. The molecule has 0 unspecified atom stereocenters. The van der Waals surface area contributed by atoms with Gasteiger partial charge >= 0.3 is 0 Å². The number of rotatable bonds is 5. The van der Waals surface area contributed by atoms with E-state index in [-0.39, 0.29) is 23.1 Å². The second-order valence-corrected chi connectivity index (χ2v) is 8.44. The van der Waals surface area contributed by atoms with Crippen LogP contribution in [-0.2, 0) is 16.6 Å². The van der Waals surface area contributed by atoms with Crippen LogP contribution in [0.15, 0.2) is 58.1 Å². The average Bonchev–Trinajstić information content (AvgIpc) is 3.17. The van der Waals surface area contributed by atoms with Crippen LogP contribution in [0, 0.1) is 0 Å². The van der Waals surface area contributed by atoms with Gasteiger partial charge in [-0.2, -0.15) is 4.31 Å². The standard InChI is InChI=1S/C19H20N4O4S/c24-19(17-11-15-5-6-21-13-18(15)27-17)22-12-14-1-3-16(4-2-14)28(25,26)23-9-7-20-8-10-23/h1-6,11,13,20H,7-10,12H2,(H,22,24). The number of carbonyl (C=O) groups is 1. The molecule has 1 amide bonds. The molecule has 2 N–H and O–H groups in total. The van der Waals surface area contributed by atoms with Gasteiger partial charge in [0.15, 0.2) is 11.3 Å². The van der Waals surface area contributed by atoms with E-state index in [0.717, 1.165) is 10.9 Å². The topological polar surface area (TPSA) is 105 Å². The van der Waals surface area contributed by atoms with Gasteiger partial charge in [-0.05, 0) is 29.8 Å². The summed E-state index contributed by atoms with van der Waals surface area (Å²) in [6, 6.07) is 10.00. The first-order valence-electron chi connectivity index (χ1n) is 8.95. The Labute approximate surface area is 162 Å². The Hall–Kier alpha value is -2.75. The molecule has 0 atom stereocenters. The summed E-state index contributed by atoms with van der Waals surface area (Å²) in [6.45, 7) is 2.50. The van der Waals surface area contributed by atoms with Crippen LogP contribution in [0.5, 0.6) is 0 Å². The second kappa shape index (κ2) is 7.70. The minimum absolute atomic E-state index is 0.209. The normalized spacial score (nSPS) is 15.6. The molecule has 0 radical (unpaired) electrons. The molecule has 1 aliphatic rings. The van der Waals surface area contributed by atoms with Crippen LogP contribution in [0.1, 0.15) is 16.1 Å². The van der Waals surface area contributed by atoms with Gasteiger partial charge in [-0.1, -0.05) is 12.1 Å². The summed E-state index contributed by atoms with van der Waals surface area (Å²) in [5.74, 6) is -0.130. The highest BCUT2D eigenvalue weighted by molar-refractivity contribution is 7.89. The van der Waals surface area contributed by atoms with E-state index in [4.69, 9.17) is 4.42 Å². The largest absolute Gasteiger partial charge is 0.449 e. The zero-order chi connectivity index (χ0) is 19.6. The minimum Gasteiger partial charge on any atom is -0.449 e. The smallest absolute Gasteiger partial charge is 0.287 e. The monoisotopic (exact) mass is 400 g/mol. The molecule has 2 aromatic heterocycles. The predicted molar refractivity (Wildman–Crippen MR) is 103 cm³/mol. The number of benzene rings is 1. The summed E-state index contributed by atoms with van der Waals surface area (Å²) in [6.07, 6.45) is 3.19. The maximum Gasteiger partial charge on any atom is 0.287 e. The number of hydrogen-bond donors (Lipinski definition) is 2. The van der Waals surface area contributed by atoms with Crippen molar-refractivity contribution in [3.63, 3.8) is 0 Å². The van der Waals surface area contributed by atoms with Crippen molar-refractivity contribution < 1.29 is 17.6 Å². The molecule has 28 heavy (non-hydrogen) atoms. The van der Waals surface area contributed by atoms with E-state index in [1.165, 1.54) is 4.31 Å². The fourth-order valence-corrected chi connectivity index (χ4v) is 4.52. The van der Waals surface area contributed by atoms with Gasteiger partial charge in [0.2, 0.25) is 10.0 Å². The number of hydrogen-bond acceptors (Lipinski definition) is 6. The van der Waals surface area contributed by atoms with Crippen LogP contribution in [0.25, 0.3) is 11.0 Å². The molecule has 0 spiro atoms. The summed E-state index contributed by atoms with van der Waals surface area (Å²) >= 11 is 0. The molecule has 0 aliphatic carbocycles. The number of carbonyl (C=O) groups excluding carboxylic acids is 1. The first-order valence-corrected chi connectivity index (χ1v) is 10.4. The zero-order valence-electron chi connectivity index (χ0n) is 15.1. The molecular formula is C19H20N4O4S. The molecule has 8 nitrogen and oxygen atoms in total. The Kier molecular flexibility index (Phi) is 5.12. The average molecular weight is 400 g/mol. The molecule has 4 rings (SSSR count). The zero-order valence-corrected chi connectivity index (χ0v) is 15.9.